The lowest BCUT2D eigenvalue weighted by atomic mass is 10.2. The van der Waals surface area contributed by atoms with E-state index in [-0.39, 0.29) is 0 Å². The number of hydrogen-bond donors (Lipinski definition) is 2. The summed E-state index contributed by atoms with van der Waals surface area (Å²) in [5, 5.41) is 5.96. The molecule has 144 valence electrons. The lowest BCUT2D eigenvalue weighted by molar-refractivity contribution is 0.262. The van der Waals surface area contributed by atoms with Gasteiger partial charge in [-0.05, 0) is 42.5 Å². The highest BCUT2D eigenvalue weighted by Crippen LogP contribution is 2.33. The number of benzene rings is 3. The molecule has 7 heteroatoms. The van der Waals surface area contributed by atoms with Gasteiger partial charge in [0.15, 0.2) is 5.75 Å². The monoisotopic (exact) mass is 398 g/mol. The number of anilines is 2. The highest BCUT2D eigenvalue weighted by molar-refractivity contribution is 6.31. The summed E-state index contributed by atoms with van der Waals surface area (Å²) in [4.78, 5) is 12.5. The van der Waals surface area contributed by atoms with E-state index in [0.717, 1.165) is 0 Å². The average Bonchev–Trinajstić information content (AvgIpc) is 2.70. The quantitative estimate of drug-likeness (QED) is 0.551. The number of rotatable bonds is 6. The molecule has 0 aliphatic heterocycles. The molecule has 3 aromatic rings. The molecular weight excluding hydrogens is 380 g/mol. The Morgan fingerprint density at radius 1 is 0.786 bits per heavy atom. The molecule has 0 spiro atoms. The number of carbonyl (C=O) groups excluding carboxylic acids is 1. The van der Waals surface area contributed by atoms with Crippen molar-refractivity contribution >= 4 is 29.0 Å². The predicted molar refractivity (Wildman–Crippen MR) is 110 cm³/mol. The van der Waals surface area contributed by atoms with Crippen LogP contribution in [0.4, 0.5) is 16.2 Å². The second-order valence-electron chi connectivity index (χ2n) is 5.70. The number of amides is 2. The van der Waals surface area contributed by atoms with Crippen molar-refractivity contribution in [1.82, 2.24) is 0 Å². The highest BCUT2D eigenvalue weighted by atomic mass is 35.5. The minimum atomic E-state index is -0.456. The second kappa shape index (κ2) is 9.01. The standard InChI is InChI=1S/C21H19ClN2O4/c1-26-15-6-5-7-16(13-15)28-20-11-10-14(22)12-18(20)24-21(25)23-17-8-3-4-9-19(17)27-2/h3-13H,1-2H3,(H2,23,24,25). The highest BCUT2D eigenvalue weighted by Gasteiger charge is 2.12. The van der Waals surface area contributed by atoms with E-state index in [1.165, 1.54) is 7.11 Å². The van der Waals surface area contributed by atoms with Crippen molar-refractivity contribution in [3.05, 3.63) is 71.8 Å². The van der Waals surface area contributed by atoms with Gasteiger partial charge in [0, 0.05) is 11.1 Å². The lowest BCUT2D eigenvalue weighted by Gasteiger charge is -2.15. The first-order valence-electron chi connectivity index (χ1n) is 8.41. The minimum absolute atomic E-state index is 0.419. The Kier molecular flexibility index (Phi) is 6.24. The first kappa shape index (κ1) is 19.4. The van der Waals surface area contributed by atoms with Crippen molar-refractivity contribution in [2.45, 2.75) is 0 Å². The predicted octanol–water partition coefficient (Wildman–Crippen LogP) is 5.79. The van der Waals surface area contributed by atoms with Crippen LogP contribution in [-0.2, 0) is 0 Å². The number of ether oxygens (including phenoxy) is 3. The molecule has 6 nitrogen and oxygen atoms in total. The zero-order valence-electron chi connectivity index (χ0n) is 15.4. The summed E-state index contributed by atoms with van der Waals surface area (Å²) in [6.07, 6.45) is 0. The average molecular weight is 399 g/mol. The Morgan fingerprint density at radius 3 is 2.32 bits per heavy atom. The molecule has 3 aromatic carbocycles. The Balaban J connectivity index is 1.79. The molecule has 0 bridgehead atoms. The summed E-state index contributed by atoms with van der Waals surface area (Å²) in [5.41, 5.74) is 0.961. The van der Waals surface area contributed by atoms with Crippen molar-refractivity contribution < 1.29 is 19.0 Å². The van der Waals surface area contributed by atoms with Crippen LogP contribution in [0.15, 0.2) is 66.7 Å². The van der Waals surface area contributed by atoms with Gasteiger partial charge >= 0.3 is 6.03 Å². The molecule has 3 rings (SSSR count). The molecule has 2 N–H and O–H groups in total. The SMILES string of the molecule is COc1cccc(Oc2ccc(Cl)cc2NC(=O)Nc2ccccc2OC)c1. The molecule has 0 unspecified atom stereocenters. The van der Waals surface area contributed by atoms with E-state index in [1.54, 1.807) is 55.6 Å². The zero-order valence-corrected chi connectivity index (χ0v) is 16.1. The van der Waals surface area contributed by atoms with Crippen LogP contribution >= 0.6 is 11.6 Å². The number of urea groups is 1. The number of carbonyl (C=O) groups is 1. The van der Waals surface area contributed by atoms with Gasteiger partial charge in [-0.3, -0.25) is 0 Å². The fraction of sp³-hybridized carbons (Fsp3) is 0.0952. The Bertz CT molecular complexity index is 978. The lowest BCUT2D eigenvalue weighted by Crippen LogP contribution is -2.20. The molecule has 0 atom stereocenters. The summed E-state index contributed by atoms with van der Waals surface area (Å²) in [5.74, 6) is 2.22. The van der Waals surface area contributed by atoms with Gasteiger partial charge in [-0.25, -0.2) is 4.79 Å². The van der Waals surface area contributed by atoms with Gasteiger partial charge in [0.2, 0.25) is 0 Å². The molecule has 0 saturated carbocycles. The number of hydrogen-bond acceptors (Lipinski definition) is 4. The summed E-state index contributed by atoms with van der Waals surface area (Å²) in [6.45, 7) is 0. The van der Waals surface area contributed by atoms with E-state index in [0.29, 0.717) is 39.4 Å². The van der Waals surface area contributed by atoms with Crippen molar-refractivity contribution in [2.24, 2.45) is 0 Å². The van der Waals surface area contributed by atoms with Gasteiger partial charge in [0.05, 0.1) is 25.6 Å². The van der Waals surface area contributed by atoms with E-state index in [4.69, 9.17) is 25.8 Å². The van der Waals surface area contributed by atoms with E-state index < -0.39 is 6.03 Å². The third-order valence-electron chi connectivity index (χ3n) is 3.81. The topological polar surface area (TPSA) is 68.8 Å². The second-order valence-corrected chi connectivity index (χ2v) is 6.14. The first-order chi connectivity index (χ1) is 13.6. The van der Waals surface area contributed by atoms with Gasteiger partial charge in [0.25, 0.3) is 0 Å². The van der Waals surface area contributed by atoms with Gasteiger partial charge in [0.1, 0.15) is 17.2 Å². The fourth-order valence-electron chi connectivity index (χ4n) is 2.50. The maximum absolute atomic E-state index is 12.5. The van der Waals surface area contributed by atoms with Crippen LogP contribution in [0.3, 0.4) is 0 Å². The Morgan fingerprint density at radius 2 is 1.54 bits per heavy atom. The Labute approximate surface area is 168 Å². The smallest absolute Gasteiger partial charge is 0.323 e. The van der Waals surface area contributed by atoms with Gasteiger partial charge in [-0.2, -0.15) is 0 Å². The molecule has 2 amide bonds. The van der Waals surface area contributed by atoms with Crippen molar-refractivity contribution in [1.29, 1.82) is 0 Å². The van der Waals surface area contributed by atoms with Crippen molar-refractivity contribution in [3.8, 4) is 23.0 Å². The fourth-order valence-corrected chi connectivity index (χ4v) is 2.68. The maximum atomic E-state index is 12.5. The van der Waals surface area contributed by atoms with Crippen LogP contribution in [0.5, 0.6) is 23.0 Å². The molecule has 28 heavy (non-hydrogen) atoms. The van der Waals surface area contributed by atoms with Gasteiger partial charge in [-0.15, -0.1) is 0 Å². The summed E-state index contributed by atoms with van der Waals surface area (Å²) in [7, 11) is 3.12. The molecule has 0 aliphatic rings. The molecular formula is C21H19ClN2O4. The summed E-state index contributed by atoms with van der Waals surface area (Å²) in [6, 6.07) is 18.8. The molecule has 0 heterocycles. The molecule has 0 aliphatic carbocycles. The third kappa shape index (κ3) is 4.86. The normalized spacial score (nSPS) is 10.1. The maximum Gasteiger partial charge on any atom is 0.323 e. The van der Waals surface area contributed by atoms with E-state index in [9.17, 15) is 4.79 Å². The van der Waals surface area contributed by atoms with Crippen molar-refractivity contribution in [2.75, 3.05) is 24.9 Å². The Hall–Kier alpha value is -3.38. The number of para-hydroxylation sites is 2. The van der Waals surface area contributed by atoms with Gasteiger partial charge < -0.3 is 24.8 Å². The van der Waals surface area contributed by atoms with Crippen LogP contribution in [0.1, 0.15) is 0 Å². The molecule has 0 fully saturated rings. The first-order valence-corrected chi connectivity index (χ1v) is 8.79. The number of methoxy groups -OCH3 is 2. The van der Waals surface area contributed by atoms with Crippen LogP contribution in [-0.4, -0.2) is 20.3 Å². The van der Waals surface area contributed by atoms with Gasteiger partial charge in [-0.1, -0.05) is 29.8 Å². The number of halogens is 1. The molecule has 0 saturated heterocycles. The van der Waals surface area contributed by atoms with Crippen LogP contribution in [0.2, 0.25) is 5.02 Å². The minimum Gasteiger partial charge on any atom is -0.497 e. The summed E-state index contributed by atoms with van der Waals surface area (Å²) < 4.78 is 16.3. The van der Waals surface area contributed by atoms with E-state index >= 15 is 0 Å². The van der Waals surface area contributed by atoms with Crippen LogP contribution in [0, 0.1) is 0 Å². The summed E-state index contributed by atoms with van der Waals surface area (Å²) >= 11 is 6.09. The molecule has 0 radical (unpaired) electrons. The van der Waals surface area contributed by atoms with E-state index in [2.05, 4.69) is 10.6 Å². The third-order valence-corrected chi connectivity index (χ3v) is 4.05. The van der Waals surface area contributed by atoms with Crippen LogP contribution < -0.4 is 24.8 Å². The van der Waals surface area contributed by atoms with Crippen molar-refractivity contribution in [3.63, 3.8) is 0 Å². The van der Waals surface area contributed by atoms with Crippen LogP contribution in [0.25, 0.3) is 0 Å². The van der Waals surface area contributed by atoms with E-state index in [1.807, 2.05) is 18.2 Å². The molecule has 0 aromatic heterocycles. The largest absolute Gasteiger partial charge is 0.497 e. The number of nitrogens with one attached hydrogen (secondary N) is 2. The zero-order chi connectivity index (χ0) is 19.9.